The Bertz CT molecular complexity index is 477. The van der Waals surface area contributed by atoms with Crippen LogP contribution in [-0.2, 0) is 19.0 Å². The molecule has 2 unspecified atom stereocenters. The molecule has 2 rings (SSSR count). The Morgan fingerprint density at radius 1 is 1.35 bits per heavy atom. The van der Waals surface area contributed by atoms with E-state index in [1.807, 2.05) is 44.2 Å². The molecule has 128 valence electrons. The van der Waals surface area contributed by atoms with Crippen LogP contribution in [0.15, 0.2) is 30.3 Å². The van der Waals surface area contributed by atoms with Gasteiger partial charge < -0.3 is 14.2 Å². The summed E-state index contributed by atoms with van der Waals surface area (Å²) in [5, 5.41) is 0. The number of benzene rings is 1. The molecule has 0 aromatic heterocycles. The molecule has 2 atom stereocenters. The van der Waals surface area contributed by atoms with Crippen molar-refractivity contribution in [1.29, 1.82) is 0 Å². The number of carbonyl (C=O) groups is 1. The molecular weight excluding hydrogens is 318 g/mol. The van der Waals surface area contributed by atoms with Crippen molar-refractivity contribution in [2.24, 2.45) is 0 Å². The highest BCUT2D eigenvalue weighted by Gasteiger charge is 2.26. The van der Waals surface area contributed by atoms with Crippen molar-refractivity contribution in [3.63, 3.8) is 0 Å². The van der Waals surface area contributed by atoms with Crippen LogP contribution >= 0.6 is 11.6 Å². The van der Waals surface area contributed by atoms with Crippen molar-refractivity contribution in [2.45, 2.75) is 44.5 Å². The van der Waals surface area contributed by atoms with Crippen LogP contribution in [0, 0.1) is 0 Å². The first kappa shape index (κ1) is 18.2. The molecule has 5 nitrogen and oxygen atoms in total. The summed E-state index contributed by atoms with van der Waals surface area (Å²) in [7, 11) is 0. The van der Waals surface area contributed by atoms with Gasteiger partial charge in [-0.15, -0.1) is 0 Å². The molecule has 0 aliphatic carbocycles. The third-order valence-corrected chi connectivity index (χ3v) is 3.83. The van der Waals surface area contributed by atoms with E-state index in [1.165, 1.54) is 4.90 Å². The third-order valence-electron chi connectivity index (χ3n) is 3.52. The van der Waals surface area contributed by atoms with Gasteiger partial charge in [0.1, 0.15) is 6.73 Å². The van der Waals surface area contributed by atoms with Gasteiger partial charge in [0.25, 0.3) is 5.91 Å². The molecular formula is C17H24ClNO4. The minimum atomic E-state index is -1.06. The molecule has 0 radical (unpaired) electrons. The van der Waals surface area contributed by atoms with Crippen LogP contribution in [0.5, 0.6) is 0 Å². The van der Waals surface area contributed by atoms with E-state index in [0.29, 0.717) is 6.61 Å². The highest BCUT2D eigenvalue weighted by atomic mass is 35.5. The Balaban J connectivity index is 1.96. The molecule has 1 aliphatic heterocycles. The molecule has 0 bridgehead atoms. The fourth-order valence-electron chi connectivity index (χ4n) is 2.26. The van der Waals surface area contributed by atoms with Gasteiger partial charge in [-0.3, -0.25) is 9.69 Å². The van der Waals surface area contributed by atoms with Crippen LogP contribution in [0.25, 0.3) is 0 Å². The van der Waals surface area contributed by atoms with Crippen molar-refractivity contribution in [1.82, 2.24) is 0 Å². The molecule has 1 heterocycles. The van der Waals surface area contributed by atoms with E-state index in [9.17, 15) is 4.79 Å². The second-order valence-corrected chi connectivity index (χ2v) is 6.13. The number of amides is 1. The molecule has 1 aromatic rings. The van der Waals surface area contributed by atoms with Crippen LogP contribution < -0.4 is 4.90 Å². The second-order valence-electron chi connectivity index (χ2n) is 5.73. The highest BCUT2D eigenvalue weighted by Crippen LogP contribution is 2.19. The maximum atomic E-state index is 12.6. The topological polar surface area (TPSA) is 48.0 Å². The van der Waals surface area contributed by atoms with Crippen LogP contribution in [0.4, 0.5) is 5.69 Å². The lowest BCUT2D eigenvalue weighted by Gasteiger charge is -2.26. The van der Waals surface area contributed by atoms with Gasteiger partial charge >= 0.3 is 0 Å². The quantitative estimate of drug-likeness (QED) is 0.538. The van der Waals surface area contributed by atoms with Gasteiger partial charge in [0.15, 0.2) is 0 Å². The average Bonchev–Trinajstić information content (AvgIpc) is 3.06. The summed E-state index contributed by atoms with van der Waals surface area (Å²) < 4.78 is 16.5. The molecule has 1 aromatic carbocycles. The second kappa shape index (κ2) is 9.23. The summed E-state index contributed by atoms with van der Waals surface area (Å²) in [6.07, 6.45) is 2.00. The van der Waals surface area contributed by atoms with Crippen LogP contribution in [0.1, 0.15) is 26.7 Å². The van der Waals surface area contributed by atoms with Crippen molar-refractivity contribution in [2.75, 3.05) is 24.8 Å². The van der Waals surface area contributed by atoms with Crippen molar-refractivity contribution < 1.29 is 19.0 Å². The number of alkyl halides is 1. The smallest absolute Gasteiger partial charge is 0.273 e. The monoisotopic (exact) mass is 341 g/mol. The van der Waals surface area contributed by atoms with Crippen LogP contribution in [-0.4, -0.2) is 43.6 Å². The minimum Gasteiger partial charge on any atom is -0.376 e. The summed E-state index contributed by atoms with van der Waals surface area (Å²) in [6.45, 7) is 5.04. The van der Waals surface area contributed by atoms with Gasteiger partial charge in [-0.2, -0.15) is 0 Å². The summed E-state index contributed by atoms with van der Waals surface area (Å²) in [5.41, 5.74) is -0.334. The lowest BCUT2D eigenvalue weighted by Crippen LogP contribution is -2.41. The third kappa shape index (κ3) is 5.77. The minimum absolute atomic E-state index is 0.00981. The number of hydrogen-bond acceptors (Lipinski definition) is 4. The molecule has 23 heavy (non-hydrogen) atoms. The lowest BCUT2D eigenvalue weighted by atomic mass is 10.2. The van der Waals surface area contributed by atoms with Crippen molar-refractivity contribution >= 4 is 23.2 Å². The highest BCUT2D eigenvalue weighted by molar-refractivity contribution is 6.31. The Morgan fingerprint density at radius 3 is 2.70 bits per heavy atom. The lowest BCUT2D eigenvalue weighted by molar-refractivity contribution is -0.128. The van der Waals surface area contributed by atoms with E-state index in [1.54, 1.807) is 0 Å². The van der Waals surface area contributed by atoms with E-state index in [2.05, 4.69) is 0 Å². The van der Waals surface area contributed by atoms with Gasteiger partial charge in [-0.1, -0.05) is 29.8 Å². The summed E-state index contributed by atoms with van der Waals surface area (Å²) >= 11 is 6.15. The number of hydrogen-bond donors (Lipinski definition) is 0. The van der Waals surface area contributed by atoms with Gasteiger partial charge in [-0.25, -0.2) is 0 Å². The number of para-hydroxylation sites is 1. The van der Waals surface area contributed by atoms with Gasteiger partial charge in [-0.05, 0) is 38.8 Å². The molecule has 0 saturated carbocycles. The number of rotatable bonds is 8. The van der Waals surface area contributed by atoms with E-state index < -0.39 is 5.56 Å². The predicted octanol–water partition coefficient (Wildman–Crippen LogP) is 3.16. The van der Waals surface area contributed by atoms with Crippen molar-refractivity contribution in [3.05, 3.63) is 30.3 Å². The van der Waals surface area contributed by atoms with Gasteiger partial charge in [0.2, 0.25) is 5.56 Å². The maximum Gasteiger partial charge on any atom is 0.273 e. The summed E-state index contributed by atoms with van der Waals surface area (Å²) in [5.74, 6) is -0.337. The fraction of sp³-hybridized carbons (Fsp3) is 0.588. The van der Waals surface area contributed by atoms with E-state index in [0.717, 1.165) is 25.1 Å². The van der Waals surface area contributed by atoms with Gasteiger partial charge in [0.05, 0.1) is 18.8 Å². The molecule has 1 saturated heterocycles. The first-order valence-electron chi connectivity index (χ1n) is 7.93. The SMILES string of the molecule is CC(C)OCN(C(=O)C(Cl)OCC1CCCO1)c1ccccc1. The first-order chi connectivity index (χ1) is 11.1. The first-order valence-corrected chi connectivity index (χ1v) is 8.37. The van der Waals surface area contributed by atoms with Crippen LogP contribution in [0.2, 0.25) is 0 Å². The molecule has 1 fully saturated rings. The normalized spacial score (nSPS) is 19.0. The Kier molecular flexibility index (Phi) is 7.30. The largest absolute Gasteiger partial charge is 0.376 e. The number of ether oxygens (including phenoxy) is 3. The van der Waals surface area contributed by atoms with Gasteiger partial charge in [0, 0.05) is 12.3 Å². The zero-order valence-corrected chi connectivity index (χ0v) is 14.4. The summed E-state index contributed by atoms with van der Waals surface area (Å²) in [6, 6.07) is 9.29. The van der Waals surface area contributed by atoms with E-state index in [4.69, 9.17) is 25.8 Å². The van der Waals surface area contributed by atoms with Crippen LogP contribution in [0.3, 0.4) is 0 Å². The molecule has 0 N–H and O–H groups in total. The molecule has 0 spiro atoms. The molecule has 1 aliphatic rings. The molecule has 6 heteroatoms. The number of nitrogens with zero attached hydrogens (tertiary/aromatic N) is 1. The predicted molar refractivity (Wildman–Crippen MR) is 89.6 cm³/mol. The number of carbonyl (C=O) groups excluding carboxylic acids is 1. The standard InChI is InChI=1S/C17H24ClNO4/c1-13(2)23-12-19(14-7-4-3-5-8-14)17(20)16(18)22-11-15-9-6-10-21-15/h3-5,7-8,13,15-16H,6,9-12H2,1-2H3. The number of anilines is 1. The summed E-state index contributed by atoms with van der Waals surface area (Å²) in [4.78, 5) is 14.1. The average molecular weight is 342 g/mol. The fourth-order valence-corrected chi connectivity index (χ4v) is 2.45. The number of halogens is 1. The Labute approximate surface area is 142 Å². The van der Waals surface area contributed by atoms with E-state index >= 15 is 0 Å². The maximum absolute atomic E-state index is 12.6. The van der Waals surface area contributed by atoms with E-state index in [-0.39, 0.29) is 24.8 Å². The molecule has 1 amide bonds. The van der Waals surface area contributed by atoms with Crippen molar-refractivity contribution in [3.8, 4) is 0 Å². The zero-order chi connectivity index (χ0) is 16.7. The zero-order valence-electron chi connectivity index (χ0n) is 13.6. The Hall–Kier alpha value is -1.14. The Morgan fingerprint density at radius 2 is 2.09 bits per heavy atom.